The van der Waals surface area contributed by atoms with E-state index in [1.54, 1.807) is 18.4 Å². The summed E-state index contributed by atoms with van der Waals surface area (Å²) in [4.78, 5) is 21.2. The number of hydrogen-bond acceptors (Lipinski definition) is 8. The average molecular weight is 509 g/mol. The maximum atomic E-state index is 11.7. The van der Waals surface area contributed by atoms with Crippen LogP contribution in [0.5, 0.6) is 11.5 Å². The molecule has 1 aromatic heterocycles. The molecule has 6 rings (SSSR count). The predicted octanol–water partition coefficient (Wildman–Crippen LogP) is 3.40. The van der Waals surface area contributed by atoms with Crippen molar-refractivity contribution in [1.82, 2.24) is 15.2 Å². The molecule has 1 N–H and O–H groups in total. The van der Waals surface area contributed by atoms with Gasteiger partial charge in [-0.2, -0.15) is 0 Å². The number of nitrogens with zero attached hydrogens (tertiary/aromatic N) is 3. The number of nitrogens with one attached hydrogen (secondary N) is 1. The van der Waals surface area contributed by atoms with E-state index in [1.165, 1.54) is 0 Å². The van der Waals surface area contributed by atoms with E-state index in [0.717, 1.165) is 77.9 Å². The van der Waals surface area contributed by atoms with Gasteiger partial charge in [-0.15, -0.1) is 11.3 Å². The summed E-state index contributed by atoms with van der Waals surface area (Å²) in [5.74, 6) is 1.95. The van der Waals surface area contributed by atoms with Gasteiger partial charge in [0.15, 0.2) is 0 Å². The highest BCUT2D eigenvalue weighted by molar-refractivity contribution is 7.17. The third kappa shape index (κ3) is 4.51. The van der Waals surface area contributed by atoms with E-state index in [2.05, 4.69) is 50.4 Å². The fraction of sp³-hybridized carbons (Fsp3) is 0.481. The molecule has 36 heavy (non-hydrogen) atoms. The van der Waals surface area contributed by atoms with Crippen LogP contribution in [0.2, 0.25) is 0 Å². The quantitative estimate of drug-likeness (QED) is 0.524. The summed E-state index contributed by atoms with van der Waals surface area (Å²) in [6, 6.07) is 11.2. The van der Waals surface area contributed by atoms with E-state index in [4.69, 9.17) is 14.2 Å². The summed E-state index contributed by atoms with van der Waals surface area (Å²) < 4.78 is 18.7. The normalized spacial score (nSPS) is 21.9. The van der Waals surface area contributed by atoms with Crippen LogP contribution in [0.3, 0.4) is 0 Å². The highest BCUT2D eigenvalue weighted by Gasteiger charge is 2.30. The molecule has 3 aliphatic rings. The van der Waals surface area contributed by atoms with E-state index in [1.807, 2.05) is 12.4 Å². The summed E-state index contributed by atoms with van der Waals surface area (Å²) in [6.45, 7) is 8.47. The molecule has 8 nitrogen and oxygen atoms in total. The van der Waals surface area contributed by atoms with Gasteiger partial charge in [0.05, 0.1) is 47.8 Å². The molecule has 0 saturated carbocycles. The Kier molecular flexibility index (Phi) is 6.45. The molecule has 9 heteroatoms. The van der Waals surface area contributed by atoms with Crippen molar-refractivity contribution in [2.24, 2.45) is 5.92 Å². The van der Waals surface area contributed by atoms with Crippen LogP contribution in [-0.2, 0) is 9.53 Å². The molecule has 0 radical (unpaired) electrons. The standard InChI is InChI=1S/C27H32N4O4S/c1-17(20-12-26(32)28-13-20)35-25-11-19(9-22-27(25)36-16-29-22)18-3-4-23(24(10-18)33-2)31-7-5-30(6-8-31)21-14-34-15-21/h3-4,9-11,16-17,20-21H,5-8,12-15H2,1-2H3,(H,28,32)/t17-,20-/m1/s1. The Morgan fingerprint density at radius 2 is 1.92 bits per heavy atom. The molecule has 4 heterocycles. The molecule has 3 saturated heterocycles. The molecule has 190 valence electrons. The van der Waals surface area contributed by atoms with Crippen molar-refractivity contribution in [2.75, 3.05) is 57.9 Å². The Labute approximate surface area is 215 Å². The Morgan fingerprint density at radius 1 is 1.11 bits per heavy atom. The Balaban J connectivity index is 1.24. The maximum absolute atomic E-state index is 11.7. The van der Waals surface area contributed by atoms with Crippen LogP contribution in [-0.4, -0.2) is 81.0 Å². The molecule has 0 aliphatic carbocycles. The van der Waals surface area contributed by atoms with Crippen molar-refractivity contribution in [2.45, 2.75) is 25.5 Å². The first-order chi connectivity index (χ1) is 17.6. The summed E-state index contributed by atoms with van der Waals surface area (Å²) in [5.41, 5.74) is 6.00. The van der Waals surface area contributed by atoms with Gasteiger partial charge in [-0.3, -0.25) is 9.69 Å². The lowest BCUT2D eigenvalue weighted by molar-refractivity contribution is -0.119. The number of aromatic nitrogens is 1. The third-order valence-corrected chi connectivity index (χ3v) is 8.55. The Morgan fingerprint density at radius 3 is 2.61 bits per heavy atom. The number of methoxy groups -OCH3 is 1. The lowest BCUT2D eigenvalue weighted by Crippen LogP contribution is -2.56. The molecule has 1 amide bonds. The van der Waals surface area contributed by atoms with E-state index >= 15 is 0 Å². The van der Waals surface area contributed by atoms with Gasteiger partial charge in [0.1, 0.15) is 17.6 Å². The first-order valence-electron chi connectivity index (χ1n) is 12.6. The fourth-order valence-corrected chi connectivity index (χ4v) is 6.06. The van der Waals surface area contributed by atoms with Gasteiger partial charge in [0, 0.05) is 45.1 Å². The lowest BCUT2D eigenvalue weighted by Gasteiger charge is -2.43. The highest BCUT2D eigenvalue weighted by Crippen LogP contribution is 2.39. The van der Waals surface area contributed by atoms with Gasteiger partial charge in [-0.05, 0) is 42.3 Å². The molecular formula is C27H32N4O4S. The number of thiazole rings is 1. The molecule has 0 unspecified atom stereocenters. The highest BCUT2D eigenvalue weighted by atomic mass is 32.1. The predicted molar refractivity (Wildman–Crippen MR) is 141 cm³/mol. The van der Waals surface area contributed by atoms with Crippen LogP contribution in [0, 0.1) is 5.92 Å². The van der Waals surface area contributed by atoms with Crippen molar-refractivity contribution in [3.8, 4) is 22.6 Å². The number of piperazine rings is 1. The number of ether oxygens (including phenoxy) is 3. The van der Waals surface area contributed by atoms with Crippen molar-refractivity contribution >= 4 is 33.1 Å². The molecular weight excluding hydrogens is 476 g/mol. The Hall–Kier alpha value is -2.88. The number of carbonyl (C=O) groups excluding carboxylic acids is 1. The zero-order chi connectivity index (χ0) is 24.6. The topological polar surface area (TPSA) is 76.2 Å². The van der Waals surface area contributed by atoms with Gasteiger partial charge in [-0.1, -0.05) is 6.07 Å². The monoisotopic (exact) mass is 508 g/mol. The molecule has 2 aromatic carbocycles. The fourth-order valence-electron chi connectivity index (χ4n) is 5.33. The first-order valence-corrected chi connectivity index (χ1v) is 13.5. The van der Waals surface area contributed by atoms with Gasteiger partial charge in [0.2, 0.25) is 5.91 Å². The number of anilines is 1. The zero-order valence-electron chi connectivity index (χ0n) is 20.7. The van der Waals surface area contributed by atoms with Crippen LogP contribution in [0.25, 0.3) is 21.3 Å². The molecule has 3 fully saturated rings. The summed E-state index contributed by atoms with van der Waals surface area (Å²) in [7, 11) is 1.74. The number of rotatable bonds is 7. The second kappa shape index (κ2) is 9.88. The molecule has 3 aliphatic heterocycles. The average Bonchev–Trinajstić information content (AvgIpc) is 3.52. The van der Waals surface area contributed by atoms with Crippen LogP contribution >= 0.6 is 11.3 Å². The van der Waals surface area contributed by atoms with Crippen molar-refractivity contribution < 1.29 is 19.0 Å². The van der Waals surface area contributed by atoms with Crippen molar-refractivity contribution in [3.63, 3.8) is 0 Å². The van der Waals surface area contributed by atoms with E-state index in [-0.39, 0.29) is 17.9 Å². The number of amides is 1. The van der Waals surface area contributed by atoms with Gasteiger partial charge < -0.3 is 24.4 Å². The van der Waals surface area contributed by atoms with E-state index in [0.29, 0.717) is 19.0 Å². The zero-order valence-corrected chi connectivity index (χ0v) is 21.6. The van der Waals surface area contributed by atoms with Crippen molar-refractivity contribution in [1.29, 1.82) is 0 Å². The minimum Gasteiger partial charge on any atom is -0.495 e. The largest absolute Gasteiger partial charge is 0.495 e. The van der Waals surface area contributed by atoms with Gasteiger partial charge in [-0.25, -0.2) is 4.98 Å². The smallest absolute Gasteiger partial charge is 0.220 e. The van der Waals surface area contributed by atoms with Crippen LogP contribution in [0.15, 0.2) is 35.8 Å². The van der Waals surface area contributed by atoms with Crippen molar-refractivity contribution in [3.05, 3.63) is 35.8 Å². The van der Waals surface area contributed by atoms with Crippen LogP contribution in [0.1, 0.15) is 13.3 Å². The number of fused-ring (bicyclic) bond motifs is 1. The van der Waals surface area contributed by atoms with Gasteiger partial charge in [0.25, 0.3) is 0 Å². The van der Waals surface area contributed by atoms with Gasteiger partial charge >= 0.3 is 0 Å². The first kappa shape index (κ1) is 23.5. The Bertz CT molecular complexity index is 1250. The lowest BCUT2D eigenvalue weighted by atomic mass is 10.0. The second-order valence-corrected chi connectivity index (χ2v) is 10.7. The summed E-state index contributed by atoms with van der Waals surface area (Å²) in [5, 5.41) is 2.91. The molecule has 2 atom stereocenters. The maximum Gasteiger partial charge on any atom is 0.220 e. The number of benzene rings is 2. The minimum absolute atomic E-state index is 0.0772. The minimum atomic E-state index is -0.0772. The number of carbonyl (C=O) groups is 1. The van der Waals surface area contributed by atoms with Crippen LogP contribution < -0.4 is 19.7 Å². The summed E-state index contributed by atoms with van der Waals surface area (Å²) in [6.07, 6.45) is 0.431. The third-order valence-electron chi connectivity index (χ3n) is 7.69. The van der Waals surface area contributed by atoms with Crippen LogP contribution in [0.4, 0.5) is 5.69 Å². The molecule has 0 spiro atoms. The van der Waals surface area contributed by atoms with E-state index < -0.39 is 0 Å². The summed E-state index contributed by atoms with van der Waals surface area (Å²) >= 11 is 1.58. The number of hydrogen-bond donors (Lipinski definition) is 1. The SMILES string of the molecule is COc1cc(-c2cc(O[C@H](C)[C@H]3CNC(=O)C3)c3scnc3c2)ccc1N1CCN(C2COC2)CC1. The second-order valence-electron chi connectivity index (χ2n) is 9.87. The van der Waals surface area contributed by atoms with E-state index in [9.17, 15) is 4.79 Å². The molecule has 3 aromatic rings. The molecule has 0 bridgehead atoms.